The Hall–Kier alpha value is -1.74. The molecule has 0 saturated carbocycles. The SMILES string of the molecule is Cc1ccc(C(=O)N[C@H](C)C[C@@H](S)c2ccccc2)cc1. The number of hydrogen-bond donors (Lipinski definition) is 2. The van der Waals surface area contributed by atoms with E-state index in [9.17, 15) is 4.79 Å². The van der Waals surface area contributed by atoms with Crippen LogP contribution in [0.15, 0.2) is 54.6 Å². The summed E-state index contributed by atoms with van der Waals surface area (Å²) in [5.41, 5.74) is 3.03. The van der Waals surface area contributed by atoms with Crippen LogP contribution in [0.3, 0.4) is 0 Å². The highest BCUT2D eigenvalue weighted by molar-refractivity contribution is 7.80. The highest BCUT2D eigenvalue weighted by atomic mass is 32.1. The molecule has 0 spiro atoms. The third-order valence-corrected chi connectivity index (χ3v) is 3.96. The van der Waals surface area contributed by atoms with Crippen LogP contribution in [0.2, 0.25) is 0 Å². The summed E-state index contributed by atoms with van der Waals surface area (Å²) in [6, 6.07) is 17.8. The Bertz CT molecular complexity index is 580. The highest BCUT2D eigenvalue weighted by Crippen LogP contribution is 2.24. The maximum atomic E-state index is 12.1. The Kier molecular flexibility index (Phi) is 5.45. The summed E-state index contributed by atoms with van der Waals surface area (Å²) < 4.78 is 0. The summed E-state index contributed by atoms with van der Waals surface area (Å²) in [6.07, 6.45) is 0.796. The van der Waals surface area contributed by atoms with Crippen LogP contribution in [0.25, 0.3) is 0 Å². The number of hydrogen-bond acceptors (Lipinski definition) is 2. The van der Waals surface area contributed by atoms with Gasteiger partial charge in [0.15, 0.2) is 0 Å². The summed E-state index contributed by atoms with van der Waals surface area (Å²) >= 11 is 4.63. The molecule has 0 heterocycles. The smallest absolute Gasteiger partial charge is 0.251 e. The second-order valence-corrected chi connectivity index (χ2v) is 6.03. The normalized spacial score (nSPS) is 13.5. The monoisotopic (exact) mass is 299 g/mol. The van der Waals surface area contributed by atoms with Gasteiger partial charge >= 0.3 is 0 Å². The minimum Gasteiger partial charge on any atom is -0.350 e. The average Bonchev–Trinajstić information content (AvgIpc) is 2.48. The molecule has 0 bridgehead atoms. The van der Waals surface area contributed by atoms with Gasteiger partial charge in [0, 0.05) is 16.9 Å². The Labute approximate surface area is 132 Å². The van der Waals surface area contributed by atoms with Crippen molar-refractivity contribution in [3.05, 3.63) is 71.3 Å². The van der Waals surface area contributed by atoms with Gasteiger partial charge in [-0.15, -0.1) is 0 Å². The lowest BCUT2D eigenvalue weighted by Gasteiger charge is -2.18. The van der Waals surface area contributed by atoms with Crippen LogP contribution in [0, 0.1) is 6.92 Å². The van der Waals surface area contributed by atoms with Crippen LogP contribution in [-0.4, -0.2) is 11.9 Å². The second kappa shape index (κ2) is 7.32. The lowest BCUT2D eigenvalue weighted by atomic mass is 10.0. The quantitative estimate of drug-likeness (QED) is 0.797. The predicted octanol–water partition coefficient (Wildman–Crippen LogP) is 4.17. The molecule has 0 saturated heterocycles. The maximum Gasteiger partial charge on any atom is 0.251 e. The van der Waals surface area contributed by atoms with Crippen LogP contribution >= 0.6 is 12.6 Å². The fraction of sp³-hybridized carbons (Fsp3) is 0.278. The molecule has 2 aromatic carbocycles. The molecule has 21 heavy (non-hydrogen) atoms. The van der Waals surface area contributed by atoms with Gasteiger partial charge in [-0.2, -0.15) is 12.6 Å². The van der Waals surface area contributed by atoms with Crippen molar-refractivity contribution in [2.45, 2.75) is 31.6 Å². The van der Waals surface area contributed by atoms with Crippen LogP contribution in [0.4, 0.5) is 0 Å². The topological polar surface area (TPSA) is 29.1 Å². The van der Waals surface area contributed by atoms with E-state index in [1.807, 2.05) is 56.3 Å². The molecular weight excluding hydrogens is 278 g/mol. The minimum absolute atomic E-state index is 0.0314. The van der Waals surface area contributed by atoms with Gasteiger partial charge in [0.05, 0.1) is 0 Å². The summed E-state index contributed by atoms with van der Waals surface area (Å²) in [7, 11) is 0. The molecule has 3 heteroatoms. The van der Waals surface area contributed by atoms with Crippen LogP contribution in [-0.2, 0) is 0 Å². The predicted molar refractivity (Wildman–Crippen MR) is 90.9 cm³/mol. The number of rotatable bonds is 5. The van der Waals surface area contributed by atoms with Crippen molar-refractivity contribution < 1.29 is 4.79 Å². The van der Waals surface area contributed by atoms with Gasteiger partial charge in [0.1, 0.15) is 0 Å². The molecule has 1 N–H and O–H groups in total. The molecule has 1 amide bonds. The Morgan fingerprint density at radius 2 is 1.71 bits per heavy atom. The van der Waals surface area contributed by atoms with Crippen molar-refractivity contribution in [1.29, 1.82) is 0 Å². The molecule has 0 unspecified atom stereocenters. The molecule has 0 radical (unpaired) electrons. The molecule has 2 atom stereocenters. The van der Waals surface area contributed by atoms with Gasteiger partial charge in [0.25, 0.3) is 5.91 Å². The highest BCUT2D eigenvalue weighted by Gasteiger charge is 2.14. The third-order valence-electron chi connectivity index (χ3n) is 3.45. The number of nitrogens with one attached hydrogen (secondary N) is 1. The number of amides is 1. The summed E-state index contributed by atoms with van der Waals surface area (Å²) in [5.74, 6) is -0.0314. The van der Waals surface area contributed by atoms with E-state index in [4.69, 9.17) is 0 Å². The van der Waals surface area contributed by atoms with Crippen molar-refractivity contribution >= 4 is 18.5 Å². The zero-order valence-corrected chi connectivity index (χ0v) is 13.3. The van der Waals surface area contributed by atoms with E-state index in [0.717, 1.165) is 12.0 Å². The van der Waals surface area contributed by atoms with Crippen LogP contribution in [0.5, 0.6) is 0 Å². The lowest BCUT2D eigenvalue weighted by Crippen LogP contribution is -2.33. The molecule has 0 aliphatic carbocycles. The van der Waals surface area contributed by atoms with Gasteiger partial charge in [-0.25, -0.2) is 0 Å². The molecule has 0 aromatic heterocycles. The van der Waals surface area contributed by atoms with Crippen molar-refractivity contribution in [3.8, 4) is 0 Å². The van der Waals surface area contributed by atoms with E-state index in [0.29, 0.717) is 5.56 Å². The van der Waals surface area contributed by atoms with E-state index in [1.165, 1.54) is 5.56 Å². The largest absolute Gasteiger partial charge is 0.350 e. The van der Waals surface area contributed by atoms with Crippen molar-refractivity contribution in [2.24, 2.45) is 0 Å². The zero-order chi connectivity index (χ0) is 15.2. The molecule has 2 nitrogen and oxygen atoms in total. The Morgan fingerprint density at radius 3 is 2.33 bits per heavy atom. The number of carbonyl (C=O) groups excluding carboxylic acids is 1. The molecule has 110 valence electrons. The number of aryl methyl sites for hydroxylation is 1. The van der Waals surface area contributed by atoms with Gasteiger partial charge in [0.2, 0.25) is 0 Å². The number of carbonyl (C=O) groups is 1. The minimum atomic E-state index is -0.0314. The van der Waals surface area contributed by atoms with E-state index >= 15 is 0 Å². The van der Waals surface area contributed by atoms with Gasteiger partial charge < -0.3 is 5.32 Å². The van der Waals surface area contributed by atoms with Crippen LogP contribution in [0.1, 0.15) is 40.1 Å². The first-order valence-electron chi connectivity index (χ1n) is 7.17. The Morgan fingerprint density at radius 1 is 1.10 bits per heavy atom. The van der Waals surface area contributed by atoms with Gasteiger partial charge in [-0.05, 0) is 38.0 Å². The average molecular weight is 299 g/mol. The van der Waals surface area contributed by atoms with E-state index in [1.54, 1.807) is 0 Å². The molecule has 2 aromatic rings. The van der Waals surface area contributed by atoms with Crippen LogP contribution < -0.4 is 5.32 Å². The molecular formula is C18H21NOS. The summed E-state index contributed by atoms with van der Waals surface area (Å²) in [5, 5.41) is 3.15. The van der Waals surface area contributed by atoms with Gasteiger partial charge in [-0.3, -0.25) is 4.79 Å². The fourth-order valence-corrected chi connectivity index (χ4v) is 2.71. The first kappa shape index (κ1) is 15.6. The summed E-state index contributed by atoms with van der Waals surface area (Å²) in [6.45, 7) is 4.02. The fourth-order valence-electron chi connectivity index (χ4n) is 2.22. The van der Waals surface area contributed by atoms with Crippen molar-refractivity contribution in [1.82, 2.24) is 5.32 Å². The van der Waals surface area contributed by atoms with E-state index < -0.39 is 0 Å². The molecule has 0 aliphatic rings. The lowest BCUT2D eigenvalue weighted by molar-refractivity contribution is 0.0938. The first-order chi connectivity index (χ1) is 10.1. The van der Waals surface area contributed by atoms with E-state index in [2.05, 4.69) is 30.1 Å². The van der Waals surface area contributed by atoms with Crippen molar-refractivity contribution in [2.75, 3.05) is 0 Å². The molecule has 0 aliphatic heterocycles. The van der Waals surface area contributed by atoms with Crippen molar-refractivity contribution in [3.63, 3.8) is 0 Å². The summed E-state index contributed by atoms with van der Waals surface area (Å²) in [4.78, 5) is 12.1. The second-order valence-electron chi connectivity index (χ2n) is 5.40. The standard InChI is InChI=1S/C18H21NOS/c1-13-8-10-16(11-9-13)18(20)19-14(2)12-17(21)15-6-4-3-5-7-15/h3-11,14,17,21H,12H2,1-2H3,(H,19,20)/t14-,17-/m1/s1. The molecule has 0 fully saturated rings. The van der Waals surface area contributed by atoms with Gasteiger partial charge in [-0.1, -0.05) is 48.0 Å². The third kappa shape index (κ3) is 4.64. The van der Waals surface area contributed by atoms with E-state index in [-0.39, 0.29) is 17.2 Å². The first-order valence-corrected chi connectivity index (χ1v) is 7.68. The Balaban J connectivity index is 1.91. The number of thiol groups is 1. The number of benzene rings is 2. The zero-order valence-electron chi connectivity index (χ0n) is 12.4. The molecule has 2 rings (SSSR count). The maximum absolute atomic E-state index is 12.1.